The highest BCUT2D eigenvalue weighted by molar-refractivity contribution is 5.97. The molecule has 1 aliphatic carbocycles. The van der Waals surface area contributed by atoms with E-state index in [4.69, 9.17) is 9.97 Å². The molecule has 6 rings (SSSR count). The summed E-state index contributed by atoms with van der Waals surface area (Å²) in [7, 11) is 0. The fourth-order valence-corrected chi connectivity index (χ4v) is 5.12. The quantitative estimate of drug-likeness (QED) is 0.444. The van der Waals surface area contributed by atoms with E-state index in [9.17, 15) is 0 Å². The molecule has 0 N–H and O–H groups in total. The Morgan fingerprint density at radius 3 is 2.31 bits per heavy atom. The maximum atomic E-state index is 4.72. The lowest BCUT2D eigenvalue weighted by atomic mass is 9.89. The van der Waals surface area contributed by atoms with Crippen LogP contribution in [0.5, 0.6) is 0 Å². The van der Waals surface area contributed by atoms with Crippen LogP contribution >= 0.6 is 0 Å². The molecule has 0 bridgehead atoms. The third-order valence-electron chi connectivity index (χ3n) is 6.44. The Labute approximate surface area is 170 Å². The molecule has 0 saturated heterocycles. The van der Waals surface area contributed by atoms with Crippen LogP contribution in [0.1, 0.15) is 25.7 Å². The number of fused-ring (bicyclic) bond motifs is 3. The van der Waals surface area contributed by atoms with Gasteiger partial charge in [-0.25, -0.2) is 9.48 Å². The maximum Gasteiger partial charge on any atom is 0.245 e. The smallest absolute Gasteiger partial charge is 0.245 e. The fourth-order valence-electron chi connectivity index (χ4n) is 5.12. The minimum Gasteiger partial charge on any atom is -0.252 e. The molecule has 2 aromatic carbocycles. The molecule has 2 aliphatic rings. The summed E-state index contributed by atoms with van der Waals surface area (Å²) in [5, 5.41) is 2.38. The third-order valence-corrected chi connectivity index (χ3v) is 6.44. The Kier molecular flexibility index (Phi) is 3.83. The lowest BCUT2D eigenvalue weighted by Gasteiger charge is -2.27. The van der Waals surface area contributed by atoms with Gasteiger partial charge in [0.25, 0.3) is 0 Å². The van der Waals surface area contributed by atoms with Crippen molar-refractivity contribution in [2.45, 2.75) is 37.8 Å². The second kappa shape index (κ2) is 6.66. The third kappa shape index (κ3) is 2.63. The van der Waals surface area contributed by atoms with Crippen molar-refractivity contribution < 1.29 is 4.58 Å². The van der Waals surface area contributed by atoms with Gasteiger partial charge in [0, 0.05) is 23.2 Å². The van der Waals surface area contributed by atoms with Crippen molar-refractivity contribution in [3.8, 4) is 0 Å². The first-order valence-electron chi connectivity index (χ1n) is 10.5. The van der Waals surface area contributed by atoms with Gasteiger partial charge >= 0.3 is 0 Å². The molecule has 4 nitrogen and oxygen atoms in total. The van der Waals surface area contributed by atoms with Crippen molar-refractivity contribution in [2.75, 3.05) is 4.90 Å². The van der Waals surface area contributed by atoms with E-state index in [0.717, 1.165) is 11.0 Å². The predicted molar refractivity (Wildman–Crippen MR) is 118 cm³/mol. The van der Waals surface area contributed by atoms with Crippen LogP contribution in [-0.4, -0.2) is 33.0 Å². The first-order valence-corrected chi connectivity index (χ1v) is 10.5. The van der Waals surface area contributed by atoms with Crippen LogP contribution in [0.15, 0.2) is 73.1 Å². The summed E-state index contributed by atoms with van der Waals surface area (Å²) in [4.78, 5) is 11.9. The van der Waals surface area contributed by atoms with Crippen molar-refractivity contribution in [3.63, 3.8) is 0 Å². The zero-order valence-electron chi connectivity index (χ0n) is 16.3. The minimum absolute atomic E-state index is 0.468. The molecular formula is C25H23N4+. The van der Waals surface area contributed by atoms with Crippen LogP contribution in [0.25, 0.3) is 21.8 Å². The van der Waals surface area contributed by atoms with Crippen molar-refractivity contribution in [1.82, 2.24) is 9.97 Å². The van der Waals surface area contributed by atoms with E-state index in [1.807, 2.05) is 24.5 Å². The average molecular weight is 379 g/mol. The van der Waals surface area contributed by atoms with Gasteiger partial charge in [-0.05, 0) is 49.9 Å². The summed E-state index contributed by atoms with van der Waals surface area (Å²) in [5.41, 5.74) is 4.56. The summed E-state index contributed by atoms with van der Waals surface area (Å²) in [5.74, 6) is 0. The molecule has 4 aromatic rings. The Hall–Kier alpha value is -3.27. The van der Waals surface area contributed by atoms with Gasteiger partial charge in [0.15, 0.2) is 11.4 Å². The van der Waals surface area contributed by atoms with Crippen LogP contribution in [0, 0.1) is 0 Å². The van der Waals surface area contributed by atoms with Gasteiger partial charge in [0.2, 0.25) is 6.34 Å². The molecule has 3 heterocycles. The minimum atomic E-state index is 0.468. The first-order chi connectivity index (χ1) is 14.4. The standard InChI is InChI=1S/C25H23N4/c1-2-12-21-20(11-1)28(22-13-3-7-18-9-5-15-26-24(18)22)17-29(21)23-14-4-8-19-10-6-16-27-25(19)23/h3-10,13-17,20-21H,1-2,11-12H2/q+1/t20-,21-/m1/s1. The van der Waals surface area contributed by atoms with Gasteiger partial charge in [-0.15, -0.1) is 0 Å². The molecule has 0 amide bonds. The Bertz CT molecular complexity index is 1240. The number of para-hydroxylation sites is 2. The van der Waals surface area contributed by atoms with E-state index < -0.39 is 0 Å². The van der Waals surface area contributed by atoms with E-state index in [1.54, 1.807) is 0 Å². The molecule has 1 fully saturated rings. The number of hydrogen-bond acceptors (Lipinski definition) is 3. The fraction of sp³-hybridized carbons (Fsp3) is 0.240. The monoisotopic (exact) mass is 379 g/mol. The summed E-state index contributed by atoms with van der Waals surface area (Å²) in [6, 6.07) is 22.3. The zero-order valence-corrected chi connectivity index (χ0v) is 16.3. The van der Waals surface area contributed by atoms with Gasteiger partial charge in [-0.1, -0.05) is 36.4 Å². The maximum absolute atomic E-state index is 4.72. The zero-order chi connectivity index (χ0) is 19.2. The van der Waals surface area contributed by atoms with Crippen molar-refractivity contribution in [1.29, 1.82) is 0 Å². The van der Waals surface area contributed by atoms with Crippen LogP contribution < -0.4 is 4.90 Å². The molecule has 0 unspecified atom stereocenters. The molecule has 142 valence electrons. The molecule has 0 radical (unpaired) electrons. The van der Waals surface area contributed by atoms with Gasteiger partial charge in [-0.3, -0.25) is 9.97 Å². The van der Waals surface area contributed by atoms with Crippen molar-refractivity contribution >= 4 is 39.5 Å². The summed E-state index contributed by atoms with van der Waals surface area (Å²) in [6.07, 6.45) is 11.1. The van der Waals surface area contributed by atoms with E-state index in [1.165, 1.54) is 47.8 Å². The SMILES string of the molecule is C1=[N+](c2cccc3cccnc23)[C@@H]2CCCC[C@H]2N1c1cccc2cccnc12. The van der Waals surface area contributed by atoms with Crippen LogP contribution in [0.4, 0.5) is 11.4 Å². The summed E-state index contributed by atoms with van der Waals surface area (Å²) in [6.45, 7) is 0. The number of rotatable bonds is 2. The number of benzene rings is 2. The van der Waals surface area contributed by atoms with Gasteiger partial charge in [0.05, 0.1) is 0 Å². The van der Waals surface area contributed by atoms with Gasteiger partial charge in [0.1, 0.15) is 23.1 Å². The summed E-state index contributed by atoms with van der Waals surface area (Å²) < 4.78 is 2.47. The van der Waals surface area contributed by atoms with Crippen LogP contribution in [0.3, 0.4) is 0 Å². The molecular weight excluding hydrogens is 356 g/mol. The lowest BCUT2D eigenvalue weighted by molar-refractivity contribution is -0.475. The average Bonchev–Trinajstić information content (AvgIpc) is 3.18. The Morgan fingerprint density at radius 1 is 0.759 bits per heavy atom. The molecule has 4 heteroatoms. The highest BCUT2D eigenvalue weighted by Crippen LogP contribution is 2.38. The highest BCUT2D eigenvalue weighted by atomic mass is 15.3. The van der Waals surface area contributed by atoms with Crippen LogP contribution in [0.2, 0.25) is 0 Å². The second-order valence-electron chi connectivity index (χ2n) is 8.05. The molecule has 1 aliphatic heterocycles. The molecule has 1 saturated carbocycles. The number of anilines is 1. The Morgan fingerprint density at radius 2 is 1.45 bits per heavy atom. The largest absolute Gasteiger partial charge is 0.252 e. The van der Waals surface area contributed by atoms with E-state index >= 15 is 0 Å². The number of pyridine rings is 2. The van der Waals surface area contributed by atoms with Gasteiger partial charge in [-0.2, -0.15) is 0 Å². The number of nitrogens with zero attached hydrogens (tertiary/aromatic N) is 4. The second-order valence-corrected chi connectivity index (χ2v) is 8.05. The molecule has 29 heavy (non-hydrogen) atoms. The molecule has 0 spiro atoms. The first kappa shape index (κ1) is 16.7. The number of hydrogen-bond donors (Lipinski definition) is 0. The highest BCUT2D eigenvalue weighted by Gasteiger charge is 2.45. The number of aromatic nitrogens is 2. The van der Waals surface area contributed by atoms with Crippen LogP contribution in [-0.2, 0) is 0 Å². The van der Waals surface area contributed by atoms with E-state index in [0.29, 0.717) is 12.1 Å². The van der Waals surface area contributed by atoms with Crippen molar-refractivity contribution in [2.24, 2.45) is 0 Å². The molecule has 2 aromatic heterocycles. The van der Waals surface area contributed by atoms with Crippen molar-refractivity contribution in [3.05, 3.63) is 73.1 Å². The normalized spacial score (nSPS) is 21.4. The Balaban J connectivity index is 1.55. The van der Waals surface area contributed by atoms with Gasteiger partial charge < -0.3 is 0 Å². The topological polar surface area (TPSA) is 32.0 Å². The van der Waals surface area contributed by atoms with E-state index in [2.05, 4.69) is 64.3 Å². The van der Waals surface area contributed by atoms with E-state index in [-0.39, 0.29) is 0 Å². The lowest BCUT2D eigenvalue weighted by Crippen LogP contribution is -2.40. The summed E-state index contributed by atoms with van der Waals surface area (Å²) >= 11 is 0. The predicted octanol–water partition coefficient (Wildman–Crippen LogP) is 5.29. The molecule has 2 atom stereocenters.